The van der Waals surface area contributed by atoms with Crippen LogP contribution in [-0.4, -0.2) is 23.6 Å². The number of nitrogens with zero attached hydrogens (tertiary/aromatic N) is 1. The Labute approximate surface area is 207 Å². The van der Waals surface area contributed by atoms with Crippen molar-refractivity contribution in [2.24, 2.45) is 4.99 Å². The minimum atomic E-state index is -0.273. The predicted octanol–water partition coefficient (Wildman–Crippen LogP) is 5.87. The van der Waals surface area contributed by atoms with Gasteiger partial charge in [0.2, 0.25) is 0 Å². The lowest BCUT2D eigenvalue weighted by Crippen LogP contribution is -2.20. The molecule has 1 heterocycles. The first kappa shape index (κ1) is 23.6. The fourth-order valence-electron chi connectivity index (χ4n) is 3.16. The van der Waals surface area contributed by atoms with Gasteiger partial charge in [-0.2, -0.15) is 0 Å². The van der Waals surface area contributed by atoms with Gasteiger partial charge in [0, 0.05) is 16.3 Å². The van der Waals surface area contributed by atoms with Crippen LogP contribution in [0.2, 0.25) is 5.02 Å². The summed E-state index contributed by atoms with van der Waals surface area (Å²) in [5.74, 6) is -0.0283. The van der Waals surface area contributed by atoms with Crippen molar-refractivity contribution in [3.63, 3.8) is 0 Å². The lowest BCUT2D eigenvalue weighted by Gasteiger charge is -2.10. The lowest BCUT2D eigenvalue weighted by atomic mass is 10.2. The molecule has 1 fully saturated rings. The van der Waals surface area contributed by atoms with Crippen molar-refractivity contribution in [1.82, 2.24) is 5.32 Å². The predicted molar refractivity (Wildman–Crippen MR) is 139 cm³/mol. The first-order chi connectivity index (χ1) is 16.4. The summed E-state index contributed by atoms with van der Waals surface area (Å²) in [5.41, 5.74) is 4.03. The number of hydrogen-bond donors (Lipinski definition) is 2. The van der Waals surface area contributed by atoms with E-state index in [4.69, 9.17) is 16.3 Å². The van der Waals surface area contributed by atoms with Gasteiger partial charge in [-0.05, 0) is 67.6 Å². The van der Waals surface area contributed by atoms with Gasteiger partial charge in [-0.15, -0.1) is 0 Å². The number of anilines is 1. The molecule has 34 heavy (non-hydrogen) atoms. The minimum Gasteiger partial charge on any atom is -0.483 e. The summed E-state index contributed by atoms with van der Waals surface area (Å²) in [6.07, 6.45) is 1.72. The molecule has 172 valence electrons. The monoisotopic (exact) mass is 491 g/mol. The minimum absolute atomic E-state index is 0.159. The van der Waals surface area contributed by atoms with E-state index < -0.39 is 0 Å². The third kappa shape index (κ3) is 5.87. The number of hydrogen-bond acceptors (Lipinski definition) is 5. The van der Waals surface area contributed by atoms with Crippen LogP contribution in [-0.2, 0) is 9.59 Å². The highest BCUT2D eigenvalue weighted by Gasteiger charge is 2.24. The van der Waals surface area contributed by atoms with E-state index in [-0.39, 0.29) is 18.4 Å². The number of carbonyl (C=O) groups is 2. The largest absolute Gasteiger partial charge is 0.483 e. The van der Waals surface area contributed by atoms with Crippen molar-refractivity contribution in [2.45, 2.75) is 13.8 Å². The molecule has 0 spiro atoms. The third-order valence-electron chi connectivity index (χ3n) is 5.01. The molecule has 8 heteroatoms. The molecule has 3 aromatic carbocycles. The Hall–Kier alpha value is -3.55. The highest BCUT2D eigenvalue weighted by Crippen LogP contribution is 2.32. The average molecular weight is 492 g/mol. The topological polar surface area (TPSA) is 79.8 Å². The molecule has 1 saturated heterocycles. The fraction of sp³-hybridized carbons (Fsp3) is 0.115. The molecular formula is C26H22ClN3O3S. The molecule has 0 saturated carbocycles. The molecule has 0 aliphatic carbocycles. The van der Waals surface area contributed by atoms with E-state index in [1.165, 1.54) is 11.8 Å². The molecule has 2 amide bonds. The van der Waals surface area contributed by atoms with Crippen LogP contribution in [0.5, 0.6) is 5.75 Å². The van der Waals surface area contributed by atoms with E-state index in [1.54, 1.807) is 18.2 Å². The molecule has 0 bridgehead atoms. The van der Waals surface area contributed by atoms with E-state index in [9.17, 15) is 9.59 Å². The van der Waals surface area contributed by atoms with Crippen LogP contribution < -0.4 is 15.4 Å². The SMILES string of the molecule is Cc1ccc(NC(=O)COc2ccccc2/C=C2/SC(=Nc3cccc(Cl)c3C)NC2=O)cc1. The molecule has 0 radical (unpaired) electrons. The maximum absolute atomic E-state index is 12.5. The first-order valence-corrected chi connectivity index (χ1v) is 11.7. The van der Waals surface area contributed by atoms with Gasteiger partial charge in [0.1, 0.15) is 5.75 Å². The number of ether oxygens (including phenoxy) is 1. The van der Waals surface area contributed by atoms with Crippen LogP contribution in [0, 0.1) is 13.8 Å². The molecule has 1 aliphatic heterocycles. The summed E-state index contributed by atoms with van der Waals surface area (Å²) < 4.78 is 5.75. The number of carbonyl (C=O) groups excluding carboxylic acids is 2. The number of nitrogens with one attached hydrogen (secondary N) is 2. The van der Waals surface area contributed by atoms with E-state index in [0.29, 0.717) is 37.8 Å². The standard InChI is InChI=1S/C26H22ClN3O3S/c1-16-10-12-19(13-11-16)28-24(31)15-33-22-9-4-3-6-18(22)14-23-25(32)30-26(34-23)29-21-8-5-7-20(27)17(21)2/h3-14H,15H2,1-2H3,(H,28,31)(H,29,30,32)/b23-14+. The van der Waals surface area contributed by atoms with E-state index >= 15 is 0 Å². The summed E-state index contributed by atoms with van der Waals surface area (Å²) in [5, 5.41) is 6.67. The Morgan fingerprint density at radius 3 is 2.65 bits per heavy atom. The number of thioether (sulfide) groups is 1. The maximum Gasteiger partial charge on any atom is 0.264 e. The molecule has 2 N–H and O–H groups in total. The molecule has 0 atom stereocenters. The highest BCUT2D eigenvalue weighted by molar-refractivity contribution is 8.18. The third-order valence-corrected chi connectivity index (χ3v) is 6.33. The fourth-order valence-corrected chi connectivity index (χ4v) is 4.15. The van der Waals surface area contributed by atoms with Crippen LogP contribution in [0.3, 0.4) is 0 Å². The molecule has 0 aromatic heterocycles. The van der Waals surface area contributed by atoms with Crippen molar-refractivity contribution in [3.8, 4) is 5.75 Å². The number of para-hydroxylation sites is 1. The van der Waals surface area contributed by atoms with Crippen molar-refractivity contribution in [3.05, 3.63) is 93.3 Å². The number of halogens is 1. The summed E-state index contributed by atoms with van der Waals surface area (Å²) in [4.78, 5) is 29.8. The van der Waals surface area contributed by atoms with Crippen molar-refractivity contribution >= 4 is 57.8 Å². The van der Waals surface area contributed by atoms with Crippen LogP contribution in [0.1, 0.15) is 16.7 Å². The zero-order chi connectivity index (χ0) is 24.1. The van der Waals surface area contributed by atoms with Gasteiger partial charge in [-0.1, -0.05) is 53.6 Å². The summed E-state index contributed by atoms with van der Waals surface area (Å²) in [6, 6.07) is 20.2. The van der Waals surface area contributed by atoms with Gasteiger partial charge in [0.15, 0.2) is 11.8 Å². The molecule has 0 unspecified atom stereocenters. The molecule has 4 rings (SSSR count). The van der Waals surface area contributed by atoms with Gasteiger partial charge in [0.25, 0.3) is 11.8 Å². The maximum atomic E-state index is 12.5. The zero-order valence-corrected chi connectivity index (χ0v) is 20.2. The van der Waals surface area contributed by atoms with Crippen molar-refractivity contribution in [2.75, 3.05) is 11.9 Å². The van der Waals surface area contributed by atoms with Crippen LogP contribution >= 0.6 is 23.4 Å². The van der Waals surface area contributed by atoms with E-state index in [0.717, 1.165) is 11.1 Å². The van der Waals surface area contributed by atoms with Gasteiger partial charge in [-0.25, -0.2) is 4.99 Å². The number of rotatable bonds is 6. The van der Waals surface area contributed by atoms with Gasteiger partial charge in [-0.3, -0.25) is 9.59 Å². The van der Waals surface area contributed by atoms with Crippen LogP contribution in [0.25, 0.3) is 6.08 Å². The average Bonchev–Trinajstić information content (AvgIpc) is 3.16. The highest BCUT2D eigenvalue weighted by atomic mass is 35.5. The van der Waals surface area contributed by atoms with E-state index in [1.807, 2.05) is 68.4 Å². The second kappa shape index (κ2) is 10.6. The Bertz CT molecular complexity index is 1300. The summed E-state index contributed by atoms with van der Waals surface area (Å²) >= 11 is 7.40. The van der Waals surface area contributed by atoms with E-state index in [2.05, 4.69) is 15.6 Å². The number of aliphatic imine (C=N–C) groups is 1. The van der Waals surface area contributed by atoms with Crippen molar-refractivity contribution < 1.29 is 14.3 Å². The molecular weight excluding hydrogens is 470 g/mol. The number of amides is 2. The summed E-state index contributed by atoms with van der Waals surface area (Å²) in [7, 11) is 0. The molecule has 6 nitrogen and oxygen atoms in total. The number of amidine groups is 1. The second-order valence-corrected chi connectivity index (χ2v) is 9.04. The van der Waals surface area contributed by atoms with Gasteiger partial charge in [0.05, 0.1) is 10.6 Å². The van der Waals surface area contributed by atoms with Gasteiger partial charge >= 0.3 is 0 Å². The Morgan fingerprint density at radius 2 is 1.85 bits per heavy atom. The zero-order valence-electron chi connectivity index (χ0n) is 18.6. The number of aryl methyl sites for hydroxylation is 1. The quantitative estimate of drug-likeness (QED) is 0.423. The van der Waals surface area contributed by atoms with Crippen LogP contribution in [0.15, 0.2) is 76.6 Å². The number of benzene rings is 3. The van der Waals surface area contributed by atoms with Crippen LogP contribution in [0.4, 0.5) is 11.4 Å². The summed E-state index contributed by atoms with van der Waals surface area (Å²) in [6.45, 7) is 3.70. The lowest BCUT2D eigenvalue weighted by molar-refractivity contribution is -0.118. The van der Waals surface area contributed by atoms with Crippen molar-refractivity contribution in [1.29, 1.82) is 0 Å². The first-order valence-electron chi connectivity index (χ1n) is 10.5. The smallest absolute Gasteiger partial charge is 0.264 e. The molecule has 3 aromatic rings. The van der Waals surface area contributed by atoms with Gasteiger partial charge < -0.3 is 15.4 Å². The second-order valence-electron chi connectivity index (χ2n) is 7.61. The Morgan fingerprint density at radius 1 is 1.09 bits per heavy atom. The Kier molecular flexibility index (Phi) is 7.35. The molecule has 1 aliphatic rings. The normalized spacial score (nSPS) is 15.4. The Balaban J connectivity index is 1.45.